The molecule has 0 aliphatic heterocycles. The van der Waals surface area contributed by atoms with E-state index in [0.29, 0.717) is 16.8 Å². The summed E-state index contributed by atoms with van der Waals surface area (Å²) in [5.74, 6) is 0. The average molecular weight is 258 g/mol. The van der Waals surface area contributed by atoms with Gasteiger partial charge in [0.25, 0.3) is 5.56 Å². The van der Waals surface area contributed by atoms with Gasteiger partial charge in [-0.05, 0) is 17.0 Å². The number of H-pyrrole nitrogens is 1. The van der Waals surface area contributed by atoms with E-state index in [1.165, 1.54) is 15.9 Å². The minimum Gasteiger partial charge on any atom is -0.298 e. The monoisotopic (exact) mass is 258 g/mol. The van der Waals surface area contributed by atoms with E-state index in [1.807, 2.05) is 30.3 Å². The van der Waals surface area contributed by atoms with Crippen molar-refractivity contribution in [2.75, 3.05) is 0 Å². The Balaban J connectivity index is 2.18. The second-order valence-corrected chi connectivity index (χ2v) is 4.89. The van der Waals surface area contributed by atoms with Crippen LogP contribution in [0.2, 0.25) is 0 Å². The third kappa shape index (κ3) is 1.78. The van der Waals surface area contributed by atoms with Crippen LogP contribution in [-0.4, -0.2) is 9.55 Å². The number of hydrogen-bond donors (Lipinski definition) is 1. The maximum Gasteiger partial charge on any atom is 0.329 e. The molecule has 2 heterocycles. The van der Waals surface area contributed by atoms with Crippen molar-refractivity contribution < 1.29 is 0 Å². The van der Waals surface area contributed by atoms with E-state index in [0.717, 1.165) is 5.56 Å². The van der Waals surface area contributed by atoms with Gasteiger partial charge < -0.3 is 0 Å². The summed E-state index contributed by atoms with van der Waals surface area (Å²) in [6.07, 6.45) is 0. The molecule has 90 valence electrons. The molecule has 2 aromatic heterocycles. The lowest BCUT2D eigenvalue weighted by atomic mass is 10.2. The van der Waals surface area contributed by atoms with Gasteiger partial charge in [-0.2, -0.15) is 0 Å². The molecule has 0 spiro atoms. The van der Waals surface area contributed by atoms with E-state index in [-0.39, 0.29) is 11.2 Å². The average Bonchev–Trinajstić information content (AvgIpc) is 2.84. The number of nitrogens with zero attached hydrogens (tertiary/aromatic N) is 1. The molecule has 0 saturated carbocycles. The maximum absolute atomic E-state index is 12.2. The molecule has 0 amide bonds. The van der Waals surface area contributed by atoms with E-state index in [2.05, 4.69) is 4.98 Å². The van der Waals surface area contributed by atoms with Crippen molar-refractivity contribution in [3.63, 3.8) is 0 Å². The summed E-state index contributed by atoms with van der Waals surface area (Å²) in [4.78, 5) is 27.4. The van der Waals surface area contributed by atoms with Gasteiger partial charge in [-0.15, -0.1) is 11.3 Å². The first-order valence-corrected chi connectivity index (χ1v) is 6.38. The van der Waals surface area contributed by atoms with Crippen LogP contribution in [-0.2, 0) is 6.54 Å². The van der Waals surface area contributed by atoms with Gasteiger partial charge in [0.2, 0.25) is 0 Å². The molecular formula is C13H10N2O2S. The summed E-state index contributed by atoms with van der Waals surface area (Å²) in [6, 6.07) is 11.2. The topological polar surface area (TPSA) is 54.9 Å². The fourth-order valence-corrected chi connectivity index (χ4v) is 2.66. The number of aromatic amines is 1. The highest BCUT2D eigenvalue weighted by Gasteiger charge is 2.08. The third-order valence-corrected chi connectivity index (χ3v) is 3.62. The summed E-state index contributed by atoms with van der Waals surface area (Å²) in [5.41, 5.74) is 0.331. The molecule has 0 radical (unpaired) electrons. The highest BCUT2D eigenvalue weighted by atomic mass is 32.1. The predicted molar refractivity (Wildman–Crippen MR) is 72.2 cm³/mol. The molecule has 18 heavy (non-hydrogen) atoms. The Kier molecular flexibility index (Phi) is 2.60. The van der Waals surface area contributed by atoms with Crippen LogP contribution < -0.4 is 11.2 Å². The molecule has 5 heteroatoms. The lowest BCUT2D eigenvalue weighted by Crippen LogP contribution is -2.34. The molecule has 0 saturated heterocycles. The summed E-state index contributed by atoms with van der Waals surface area (Å²) >= 11 is 1.36. The van der Waals surface area contributed by atoms with Crippen LogP contribution in [0.5, 0.6) is 0 Å². The summed E-state index contributed by atoms with van der Waals surface area (Å²) in [5, 5.41) is 2.37. The van der Waals surface area contributed by atoms with Crippen LogP contribution >= 0.6 is 11.3 Å². The van der Waals surface area contributed by atoms with Gasteiger partial charge in [0, 0.05) is 0 Å². The normalized spacial score (nSPS) is 10.9. The Bertz CT molecular complexity index is 799. The molecule has 1 N–H and O–H groups in total. The maximum atomic E-state index is 12.2. The largest absolute Gasteiger partial charge is 0.329 e. The molecule has 0 bridgehead atoms. The number of fused-ring (bicyclic) bond motifs is 1. The van der Waals surface area contributed by atoms with Crippen molar-refractivity contribution >= 4 is 21.6 Å². The van der Waals surface area contributed by atoms with Gasteiger partial charge in [0.1, 0.15) is 4.83 Å². The first kappa shape index (κ1) is 11.0. The molecule has 1 aromatic carbocycles. The van der Waals surface area contributed by atoms with Gasteiger partial charge in [-0.25, -0.2) is 4.79 Å². The fourth-order valence-electron chi connectivity index (χ4n) is 1.89. The Labute approximate surface area is 106 Å². The van der Waals surface area contributed by atoms with Crippen molar-refractivity contribution in [1.82, 2.24) is 9.55 Å². The zero-order valence-corrected chi connectivity index (χ0v) is 10.2. The molecule has 0 aliphatic carbocycles. The number of thiophene rings is 1. The first-order valence-electron chi connectivity index (χ1n) is 5.50. The molecule has 0 aliphatic rings. The van der Waals surface area contributed by atoms with E-state index in [1.54, 1.807) is 11.4 Å². The molecule has 3 rings (SSSR count). The van der Waals surface area contributed by atoms with Crippen molar-refractivity contribution in [1.29, 1.82) is 0 Å². The van der Waals surface area contributed by atoms with Crippen molar-refractivity contribution in [2.24, 2.45) is 0 Å². The van der Waals surface area contributed by atoms with Crippen LogP contribution in [0.15, 0.2) is 51.4 Å². The Morgan fingerprint density at radius 1 is 1.11 bits per heavy atom. The van der Waals surface area contributed by atoms with Gasteiger partial charge in [-0.1, -0.05) is 30.3 Å². The Morgan fingerprint density at radius 3 is 2.67 bits per heavy atom. The number of hydrogen-bond acceptors (Lipinski definition) is 3. The lowest BCUT2D eigenvalue weighted by molar-refractivity contribution is 0.713. The third-order valence-electron chi connectivity index (χ3n) is 2.79. The van der Waals surface area contributed by atoms with Crippen LogP contribution in [0.25, 0.3) is 10.2 Å². The minimum absolute atomic E-state index is 0.237. The Morgan fingerprint density at radius 2 is 1.89 bits per heavy atom. The highest BCUT2D eigenvalue weighted by Crippen LogP contribution is 2.12. The number of nitrogens with one attached hydrogen (secondary N) is 1. The van der Waals surface area contributed by atoms with Gasteiger partial charge in [0.05, 0.1) is 11.9 Å². The number of aromatic nitrogens is 2. The highest BCUT2D eigenvalue weighted by molar-refractivity contribution is 7.16. The van der Waals surface area contributed by atoms with Crippen LogP contribution in [0.3, 0.4) is 0 Å². The smallest absolute Gasteiger partial charge is 0.298 e. The van der Waals surface area contributed by atoms with Gasteiger partial charge in [-0.3, -0.25) is 14.3 Å². The van der Waals surface area contributed by atoms with E-state index < -0.39 is 0 Å². The second-order valence-electron chi connectivity index (χ2n) is 3.97. The van der Waals surface area contributed by atoms with E-state index in [9.17, 15) is 9.59 Å². The summed E-state index contributed by atoms with van der Waals surface area (Å²) < 4.78 is 1.23. The molecule has 0 unspecified atom stereocenters. The lowest BCUT2D eigenvalue weighted by Gasteiger charge is -2.04. The zero-order valence-electron chi connectivity index (χ0n) is 9.42. The molecule has 3 aromatic rings. The van der Waals surface area contributed by atoms with Crippen molar-refractivity contribution in [3.8, 4) is 0 Å². The molecule has 4 nitrogen and oxygen atoms in total. The van der Waals surface area contributed by atoms with Gasteiger partial charge >= 0.3 is 5.69 Å². The fraction of sp³-hybridized carbons (Fsp3) is 0.0769. The van der Waals surface area contributed by atoms with Crippen molar-refractivity contribution in [2.45, 2.75) is 6.54 Å². The van der Waals surface area contributed by atoms with Crippen LogP contribution in [0.4, 0.5) is 0 Å². The quantitative estimate of drug-likeness (QED) is 0.762. The SMILES string of the molecule is O=c1[nH]c2sccc2c(=O)n1Cc1ccccc1. The molecule has 0 atom stereocenters. The minimum atomic E-state index is -0.362. The Hall–Kier alpha value is -2.14. The second kappa shape index (κ2) is 4.27. The molecule has 0 fully saturated rings. The number of benzene rings is 1. The van der Waals surface area contributed by atoms with Crippen LogP contribution in [0.1, 0.15) is 5.56 Å². The van der Waals surface area contributed by atoms with Gasteiger partial charge in [0.15, 0.2) is 0 Å². The number of rotatable bonds is 2. The first-order chi connectivity index (χ1) is 8.75. The molecular weight excluding hydrogens is 248 g/mol. The predicted octanol–water partition coefficient (Wildman–Crippen LogP) is 1.80. The van der Waals surface area contributed by atoms with Crippen LogP contribution in [0, 0.1) is 0 Å². The zero-order chi connectivity index (χ0) is 12.5. The van der Waals surface area contributed by atoms with E-state index >= 15 is 0 Å². The van der Waals surface area contributed by atoms with Crippen molar-refractivity contribution in [3.05, 3.63) is 68.2 Å². The standard InChI is InChI=1S/C13H10N2O2S/c16-12-10-6-7-18-11(10)14-13(17)15(12)8-9-4-2-1-3-5-9/h1-7H,8H2,(H,14,17). The summed E-state index contributed by atoms with van der Waals surface area (Å²) in [6.45, 7) is 0.292. The summed E-state index contributed by atoms with van der Waals surface area (Å²) in [7, 11) is 0. The van der Waals surface area contributed by atoms with E-state index in [4.69, 9.17) is 0 Å².